The number of urea groups is 1. The number of hydrogen-bond donors (Lipinski definition) is 3. The van der Waals surface area contributed by atoms with E-state index in [1.54, 1.807) is 0 Å². The van der Waals surface area contributed by atoms with Crippen molar-refractivity contribution in [3.8, 4) is 0 Å². The molecule has 0 fully saturated rings. The van der Waals surface area contributed by atoms with Gasteiger partial charge in [0, 0.05) is 18.0 Å². The number of rotatable bonds is 7. The van der Waals surface area contributed by atoms with Crippen molar-refractivity contribution in [3.63, 3.8) is 0 Å². The summed E-state index contributed by atoms with van der Waals surface area (Å²) in [5.41, 5.74) is 0.00451. The van der Waals surface area contributed by atoms with Gasteiger partial charge in [-0.05, 0) is 20.0 Å². The SMILES string of the molecule is CC(C)C(CN(C)C)NC(=O)NCc1nc(C(=O)O)cs1. The van der Waals surface area contributed by atoms with Gasteiger partial charge in [0.15, 0.2) is 5.69 Å². The molecule has 0 aliphatic heterocycles. The number of thiazole rings is 1. The van der Waals surface area contributed by atoms with Crippen LogP contribution in [-0.4, -0.2) is 53.7 Å². The number of aromatic nitrogens is 1. The topological polar surface area (TPSA) is 94.6 Å². The van der Waals surface area contributed by atoms with Crippen molar-refractivity contribution in [2.75, 3.05) is 20.6 Å². The Hall–Kier alpha value is -1.67. The van der Waals surface area contributed by atoms with Gasteiger partial charge in [-0.3, -0.25) is 0 Å². The summed E-state index contributed by atoms with van der Waals surface area (Å²) in [5.74, 6) is -0.746. The molecule has 0 bridgehead atoms. The molecule has 0 spiro atoms. The first-order valence-electron chi connectivity index (χ1n) is 6.66. The van der Waals surface area contributed by atoms with Crippen molar-refractivity contribution in [3.05, 3.63) is 16.1 Å². The molecule has 7 nitrogen and oxygen atoms in total. The maximum absolute atomic E-state index is 11.9. The third-order valence-corrected chi connectivity index (χ3v) is 3.70. The lowest BCUT2D eigenvalue weighted by atomic mass is 10.0. The normalized spacial score (nSPS) is 12.5. The minimum absolute atomic E-state index is 0.00451. The molecule has 1 rings (SSSR count). The predicted molar refractivity (Wildman–Crippen MR) is 81.6 cm³/mol. The fraction of sp³-hybridized carbons (Fsp3) is 0.615. The van der Waals surface area contributed by atoms with Crippen LogP contribution in [0.25, 0.3) is 0 Å². The van der Waals surface area contributed by atoms with E-state index in [0.717, 1.165) is 6.54 Å². The number of hydrogen-bond acceptors (Lipinski definition) is 5. The zero-order valence-electron chi connectivity index (χ0n) is 12.7. The van der Waals surface area contributed by atoms with Crippen LogP contribution in [0.15, 0.2) is 5.38 Å². The molecule has 118 valence electrons. The van der Waals surface area contributed by atoms with Crippen LogP contribution in [0.2, 0.25) is 0 Å². The number of carbonyl (C=O) groups is 2. The summed E-state index contributed by atoms with van der Waals surface area (Å²) in [5, 5.41) is 16.4. The summed E-state index contributed by atoms with van der Waals surface area (Å²) < 4.78 is 0. The molecular weight excluding hydrogens is 292 g/mol. The van der Waals surface area contributed by atoms with E-state index in [0.29, 0.717) is 10.9 Å². The highest BCUT2D eigenvalue weighted by Crippen LogP contribution is 2.09. The number of carboxylic acids is 1. The first-order chi connectivity index (χ1) is 9.79. The first-order valence-corrected chi connectivity index (χ1v) is 7.54. The van der Waals surface area contributed by atoms with Crippen molar-refractivity contribution in [1.82, 2.24) is 20.5 Å². The molecule has 1 unspecified atom stereocenters. The average molecular weight is 314 g/mol. The van der Waals surface area contributed by atoms with Gasteiger partial charge in [-0.1, -0.05) is 13.8 Å². The Balaban J connectivity index is 2.46. The number of nitrogens with one attached hydrogen (secondary N) is 2. The van der Waals surface area contributed by atoms with E-state index in [9.17, 15) is 9.59 Å². The summed E-state index contributed by atoms with van der Waals surface area (Å²) in [6.45, 7) is 5.07. The second kappa shape index (κ2) is 7.94. The van der Waals surface area contributed by atoms with E-state index >= 15 is 0 Å². The third kappa shape index (κ3) is 6.09. The molecule has 0 saturated carbocycles. The lowest BCUT2D eigenvalue weighted by Crippen LogP contribution is -2.48. The average Bonchev–Trinajstić information content (AvgIpc) is 2.83. The Morgan fingerprint density at radius 1 is 1.43 bits per heavy atom. The summed E-state index contributed by atoms with van der Waals surface area (Å²) in [7, 11) is 3.91. The van der Waals surface area contributed by atoms with Gasteiger partial charge in [0.2, 0.25) is 0 Å². The Morgan fingerprint density at radius 3 is 2.57 bits per heavy atom. The van der Waals surface area contributed by atoms with Crippen LogP contribution >= 0.6 is 11.3 Å². The smallest absolute Gasteiger partial charge is 0.355 e. The molecular formula is C13H22N4O3S. The van der Waals surface area contributed by atoms with Crippen LogP contribution in [0.1, 0.15) is 29.3 Å². The van der Waals surface area contributed by atoms with E-state index in [4.69, 9.17) is 5.11 Å². The monoisotopic (exact) mass is 314 g/mol. The Labute approximate surface area is 128 Å². The highest BCUT2D eigenvalue weighted by atomic mass is 32.1. The second-order valence-electron chi connectivity index (χ2n) is 5.37. The zero-order valence-corrected chi connectivity index (χ0v) is 13.5. The number of amides is 2. The van der Waals surface area contributed by atoms with Gasteiger partial charge in [-0.2, -0.15) is 0 Å². The Morgan fingerprint density at radius 2 is 2.10 bits per heavy atom. The van der Waals surface area contributed by atoms with Crippen LogP contribution in [0.4, 0.5) is 4.79 Å². The van der Waals surface area contributed by atoms with Gasteiger partial charge < -0.3 is 20.6 Å². The maximum atomic E-state index is 11.9. The molecule has 1 heterocycles. The standard InChI is InChI=1S/C13H22N4O3S/c1-8(2)9(6-17(3)4)16-13(20)14-5-11-15-10(7-21-11)12(18)19/h7-9H,5-6H2,1-4H3,(H,18,19)(H2,14,16,20). The van der Waals surface area contributed by atoms with Crippen molar-refractivity contribution in [2.24, 2.45) is 5.92 Å². The quantitative estimate of drug-likeness (QED) is 0.703. The summed E-state index contributed by atoms with van der Waals surface area (Å²) in [6.07, 6.45) is 0. The van der Waals surface area contributed by atoms with E-state index in [-0.39, 0.29) is 24.3 Å². The van der Waals surface area contributed by atoms with Crippen molar-refractivity contribution >= 4 is 23.3 Å². The van der Waals surface area contributed by atoms with Crippen LogP contribution in [0.5, 0.6) is 0 Å². The van der Waals surface area contributed by atoms with E-state index in [2.05, 4.69) is 29.5 Å². The lowest BCUT2D eigenvalue weighted by molar-refractivity contribution is 0.0691. The summed E-state index contributed by atoms with van der Waals surface area (Å²) in [4.78, 5) is 28.5. The third-order valence-electron chi connectivity index (χ3n) is 2.85. The number of likely N-dealkylation sites (N-methyl/N-ethyl adjacent to an activating group) is 1. The van der Waals surface area contributed by atoms with Crippen LogP contribution in [0.3, 0.4) is 0 Å². The molecule has 1 aromatic heterocycles. The number of aromatic carboxylic acids is 1. The lowest BCUT2D eigenvalue weighted by Gasteiger charge is -2.25. The molecule has 3 N–H and O–H groups in total. The molecule has 0 saturated heterocycles. The van der Waals surface area contributed by atoms with Gasteiger partial charge in [0.1, 0.15) is 5.01 Å². The van der Waals surface area contributed by atoms with Crippen molar-refractivity contribution in [1.29, 1.82) is 0 Å². The van der Waals surface area contributed by atoms with Gasteiger partial charge in [-0.25, -0.2) is 14.6 Å². The molecule has 0 radical (unpaired) electrons. The van der Waals surface area contributed by atoms with Crippen LogP contribution in [0, 0.1) is 5.92 Å². The van der Waals surface area contributed by atoms with E-state index in [1.807, 2.05) is 19.0 Å². The van der Waals surface area contributed by atoms with E-state index in [1.165, 1.54) is 16.7 Å². The summed E-state index contributed by atoms with van der Waals surface area (Å²) in [6, 6.07) is -0.228. The highest BCUT2D eigenvalue weighted by Gasteiger charge is 2.17. The first kappa shape index (κ1) is 17.4. The maximum Gasteiger partial charge on any atom is 0.355 e. The van der Waals surface area contributed by atoms with Gasteiger partial charge in [0.05, 0.1) is 6.54 Å². The molecule has 0 aromatic carbocycles. The largest absolute Gasteiger partial charge is 0.476 e. The van der Waals surface area contributed by atoms with Crippen LogP contribution < -0.4 is 10.6 Å². The molecule has 0 aliphatic rings. The Bertz CT molecular complexity index is 488. The van der Waals surface area contributed by atoms with Gasteiger partial charge >= 0.3 is 12.0 Å². The molecule has 1 aromatic rings. The van der Waals surface area contributed by atoms with E-state index < -0.39 is 5.97 Å². The molecule has 0 aliphatic carbocycles. The fourth-order valence-electron chi connectivity index (χ4n) is 1.68. The molecule has 21 heavy (non-hydrogen) atoms. The zero-order chi connectivity index (χ0) is 16.0. The number of nitrogens with zero attached hydrogens (tertiary/aromatic N) is 2. The summed E-state index contributed by atoms with van der Waals surface area (Å²) >= 11 is 1.21. The number of carboxylic acid groups (broad SMARTS) is 1. The molecule has 8 heteroatoms. The fourth-order valence-corrected chi connectivity index (χ4v) is 2.39. The molecule has 2 amide bonds. The minimum atomic E-state index is -1.06. The predicted octanol–water partition coefficient (Wildman–Crippen LogP) is 1.23. The highest BCUT2D eigenvalue weighted by molar-refractivity contribution is 7.09. The minimum Gasteiger partial charge on any atom is -0.476 e. The van der Waals surface area contributed by atoms with Crippen LogP contribution in [-0.2, 0) is 6.54 Å². The van der Waals surface area contributed by atoms with Crippen molar-refractivity contribution < 1.29 is 14.7 Å². The van der Waals surface area contributed by atoms with Crippen molar-refractivity contribution in [2.45, 2.75) is 26.4 Å². The second-order valence-corrected chi connectivity index (χ2v) is 6.31. The number of carbonyl (C=O) groups excluding carboxylic acids is 1. The Kier molecular flexibility index (Phi) is 6.57. The molecule has 1 atom stereocenters. The van der Waals surface area contributed by atoms with Gasteiger partial charge in [-0.15, -0.1) is 11.3 Å². The van der Waals surface area contributed by atoms with Gasteiger partial charge in [0.25, 0.3) is 0 Å².